The van der Waals surface area contributed by atoms with Crippen LogP contribution in [0.5, 0.6) is 0 Å². The van der Waals surface area contributed by atoms with E-state index >= 15 is 0 Å². The number of ether oxygens (including phenoxy) is 1. The van der Waals surface area contributed by atoms with Gasteiger partial charge >= 0.3 is 5.97 Å². The summed E-state index contributed by atoms with van der Waals surface area (Å²) in [7, 11) is 0. The lowest BCUT2D eigenvalue weighted by molar-refractivity contribution is -0.145. The number of carbonyl (C=O) groups excluding carboxylic acids is 1. The predicted molar refractivity (Wildman–Crippen MR) is 91.0 cm³/mol. The van der Waals surface area contributed by atoms with Crippen molar-refractivity contribution in [3.05, 3.63) is 54.1 Å². The Balaban J connectivity index is 1.71. The molecular formula is C19H24O5. The fraction of sp³-hybridized carbons (Fsp3) is 0.421. The lowest BCUT2D eigenvalue weighted by Crippen LogP contribution is -2.28. The Hall–Kier alpha value is -1.95. The molecule has 0 spiro atoms. The van der Waals surface area contributed by atoms with Gasteiger partial charge in [0, 0.05) is 25.3 Å². The number of cyclic esters (lactones) is 1. The minimum atomic E-state index is -0.828. The molecule has 0 aromatic heterocycles. The molecule has 1 aromatic rings. The highest BCUT2D eigenvalue weighted by Crippen LogP contribution is 2.17. The van der Waals surface area contributed by atoms with E-state index in [-0.39, 0.29) is 25.4 Å². The summed E-state index contributed by atoms with van der Waals surface area (Å²) in [5.41, 5.74) is 0.971. The average Bonchev–Trinajstić information content (AvgIpc) is 2.53. The van der Waals surface area contributed by atoms with Crippen molar-refractivity contribution in [2.45, 2.75) is 50.1 Å². The first-order valence-corrected chi connectivity index (χ1v) is 8.17. The largest absolute Gasteiger partial charge is 0.459 e. The van der Waals surface area contributed by atoms with E-state index in [1.54, 1.807) is 18.2 Å². The van der Waals surface area contributed by atoms with Crippen LogP contribution in [0.4, 0.5) is 0 Å². The van der Waals surface area contributed by atoms with Gasteiger partial charge < -0.3 is 20.1 Å². The Morgan fingerprint density at radius 2 is 1.88 bits per heavy atom. The Labute approximate surface area is 141 Å². The van der Waals surface area contributed by atoms with Gasteiger partial charge in [0.2, 0.25) is 0 Å². The molecule has 0 saturated carbocycles. The summed E-state index contributed by atoms with van der Waals surface area (Å²) in [4.78, 5) is 11.1. The molecule has 0 saturated heterocycles. The van der Waals surface area contributed by atoms with Crippen LogP contribution in [0, 0.1) is 0 Å². The van der Waals surface area contributed by atoms with Crippen LogP contribution in [0.15, 0.2) is 48.6 Å². The van der Waals surface area contributed by atoms with Crippen molar-refractivity contribution in [1.29, 1.82) is 0 Å². The molecule has 1 aromatic carbocycles. The van der Waals surface area contributed by atoms with Gasteiger partial charge in [-0.25, -0.2) is 4.79 Å². The van der Waals surface area contributed by atoms with Crippen LogP contribution < -0.4 is 0 Å². The number of aliphatic hydroxyl groups is 3. The molecule has 2 rings (SSSR count). The Morgan fingerprint density at radius 1 is 1.12 bits per heavy atom. The van der Waals surface area contributed by atoms with E-state index in [0.29, 0.717) is 6.42 Å². The fourth-order valence-corrected chi connectivity index (χ4v) is 2.67. The number of aliphatic hydroxyl groups excluding tert-OH is 3. The second kappa shape index (κ2) is 9.37. The third kappa shape index (κ3) is 6.66. The second-order valence-corrected chi connectivity index (χ2v) is 6.05. The number of carbonyl (C=O) groups is 1. The van der Waals surface area contributed by atoms with Crippen LogP contribution in [-0.2, 0) is 9.53 Å². The normalized spacial score (nSPS) is 21.5. The number of benzene rings is 1. The fourth-order valence-electron chi connectivity index (χ4n) is 2.67. The summed E-state index contributed by atoms with van der Waals surface area (Å²) >= 11 is 0. The molecule has 1 heterocycles. The summed E-state index contributed by atoms with van der Waals surface area (Å²) in [5, 5.41) is 29.9. The molecule has 0 radical (unpaired) electrons. The summed E-state index contributed by atoms with van der Waals surface area (Å²) in [5.74, 6) is -0.402. The predicted octanol–water partition coefficient (Wildman–Crippen LogP) is 1.82. The van der Waals surface area contributed by atoms with Crippen LogP contribution in [-0.4, -0.2) is 45.7 Å². The van der Waals surface area contributed by atoms with Crippen molar-refractivity contribution < 1.29 is 24.9 Å². The number of hydrogen-bond donors (Lipinski definition) is 3. The van der Waals surface area contributed by atoms with Crippen molar-refractivity contribution in [3.63, 3.8) is 0 Å². The van der Waals surface area contributed by atoms with E-state index in [9.17, 15) is 20.1 Å². The first-order valence-electron chi connectivity index (χ1n) is 8.17. The zero-order chi connectivity index (χ0) is 17.4. The minimum Gasteiger partial charge on any atom is -0.459 e. The summed E-state index contributed by atoms with van der Waals surface area (Å²) in [6.45, 7) is 0. The summed E-state index contributed by atoms with van der Waals surface area (Å²) in [6, 6.07) is 9.57. The molecule has 0 fully saturated rings. The Morgan fingerprint density at radius 3 is 2.58 bits per heavy atom. The highest BCUT2D eigenvalue weighted by atomic mass is 16.5. The highest BCUT2D eigenvalue weighted by molar-refractivity contribution is 5.82. The van der Waals surface area contributed by atoms with Gasteiger partial charge in [-0.15, -0.1) is 0 Å². The SMILES string of the molecule is O=C1C=CC[C@H](C[C@@H](O)C[C@@H](O)C[C@@H](O)/C=C\c2ccccc2)O1. The Bertz CT molecular complexity index is 566. The van der Waals surface area contributed by atoms with E-state index < -0.39 is 24.3 Å². The van der Waals surface area contributed by atoms with Crippen molar-refractivity contribution in [2.75, 3.05) is 0 Å². The Kier molecular flexibility index (Phi) is 7.18. The van der Waals surface area contributed by atoms with Gasteiger partial charge in [0.25, 0.3) is 0 Å². The molecule has 1 aliphatic heterocycles. The topological polar surface area (TPSA) is 87.0 Å². The maximum absolute atomic E-state index is 11.1. The molecule has 0 unspecified atom stereocenters. The average molecular weight is 332 g/mol. The molecule has 1 aliphatic rings. The smallest absolute Gasteiger partial charge is 0.330 e. The minimum absolute atomic E-state index is 0.133. The standard InChI is InChI=1S/C19H24O5/c20-15(10-9-14-5-2-1-3-6-14)11-16(21)12-17(22)13-18-7-4-8-19(23)24-18/h1-6,8-10,15-18,20-22H,7,11-13H2/b10-9-/t15-,16-,17-,18+/m0/s1. The van der Waals surface area contributed by atoms with Crippen molar-refractivity contribution in [1.82, 2.24) is 0 Å². The van der Waals surface area contributed by atoms with Crippen LogP contribution in [0.25, 0.3) is 6.08 Å². The van der Waals surface area contributed by atoms with Crippen LogP contribution in [0.2, 0.25) is 0 Å². The zero-order valence-corrected chi connectivity index (χ0v) is 13.5. The third-order valence-electron chi connectivity index (χ3n) is 3.84. The molecule has 24 heavy (non-hydrogen) atoms. The van der Waals surface area contributed by atoms with Gasteiger partial charge in [0.05, 0.1) is 18.3 Å². The second-order valence-electron chi connectivity index (χ2n) is 6.05. The lowest BCUT2D eigenvalue weighted by Gasteiger charge is -2.23. The monoisotopic (exact) mass is 332 g/mol. The van der Waals surface area contributed by atoms with Crippen LogP contribution in [0.3, 0.4) is 0 Å². The lowest BCUT2D eigenvalue weighted by atomic mass is 9.99. The quantitative estimate of drug-likeness (QED) is 0.632. The zero-order valence-electron chi connectivity index (χ0n) is 13.5. The van der Waals surface area contributed by atoms with Gasteiger partial charge in [-0.2, -0.15) is 0 Å². The summed E-state index contributed by atoms with van der Waals surface area (Å²) < 4.78 is 5.08. The van der Waals surface area contributed by atoms with E-state index in [0.717, 1.165) is 5.56 Å². The van der Waals surface area contributed by atoms with Crippen molar-refractivity contribution >= 4 is 12.0 Å². The maximum Gasteiger partial charge on any atom is 0.330 e. The van der Waals surface area contributed by atoms with Gasteiger partial charge in [-0.3, -0.25) is 0 Å². The summed E-state index contributed by atoms with van der Waals surface area (Å²) in [6.07, 6.45) is 4.88. The van der Waals surface area contributed by atoms with E-state index in [4.69, 9.17) is 4.74 Å². The van der Waals surface area contributed by atoms with E-state index in [1.807, 2.05) is 30.3 Å². The van der Waals surface area contributed by atoms with Crippen molar-refractivity contribution in [2.24, 2.45) is 0 Å². The highest BCUT2D eigenvalue weighted by Gasteiger charge is 2.22. The number of rotatable bonds is 8. The molecule has 0 bridgehead atoms. The third-order valence-corrected chi connectivity index (χ3v) is 3.84. The van der Waals surface area contributed by atoms with Gasteiger partial charge in [0.15, 0.2) is 0 Å². The molecule has 5 nitrogen and oxygen atoms in total. The van der Waals surface area contributed by atoms with Gasteiger partial charge in [-0.1, -0.05) is 48.6 Å². The molecule has 0 amide bonds. The van der Waals surface area contributed by atoms with Gasteiger partial charge in [0.1, 0.15) is 6.10 Å². The first-order chi connectivity index (χ1) is 11.5. The van der Waals surface area contributed by atoms with E-state index in [1.165, 1.54) is 6.08 Å². The molecule has 130 valence electrons. The number of esters is 1. The molecule has 3 N–H and O–H groups in total. The maximum atomic E-state index is 11.1. The molecule has 5 heteroatoms. The first kappa shape index (κ1) is 18.4. The van der Waals surface area contributed by atoms with Gasteiger partial charge in [-0.05, 0) is 12.0 Å². The molecule has 4 atom stereocenters. The van der Waals surface area contributed by atoms with Crippen molar-refractivity contribution in [3.8, 4) is 0 Å². The number of hydrogen-bond acceptors (Lipinski definition) is 5. The molecule has 0 aliphatic carbocycles. The molecular weight excluding hydrogens is 308 g/mol. The van der Waals surface area contributed by atoms with Crippen LogP contribution in [0.1, 0.15) is 31.2 Å². The van der Waals surface area contributed by atoms with Crippen LogP contribution >= 0.6 is 0 Å². The van der Waals surface area contributed by atoms with E-state index in [2.05, 4.69) is 0 Å².